The number of hydrogen-bond acceptors (Lipinski definition) is 6. The third kappa shape index (κ3) is 4.27. The van der Waals surface area contributed by atoms with Crippen LogP contribution in [0, 0.1) is 0 Å². The van der Waals surface area contributed by atoms with Crippen LogP contribution >= 0.6 is 0 Å². The summed E-state index contributed by atoms with van der Waals surface area (Å²) in [5, 5.41) is 6.79. The second kappa shape index (κ2) is 7.89. The summed E-state index contributed by atoms with van der Waals surface area (Å²) in [4.78, 5) is 20.7. The van der Waals surface area contributed by atoms with E-state index < -0.39 is 15.9 Å². The van der Waals surface area contributed by atoms with Gasteiger partial charge in [0.15, 0.2) is 0 Å². The first-order valence-electron chi connectivity index (χ1n) is 9.28. The zero-order valence-electron chi connectivity index (χ0n) is 15.9. The predicted molar refractivity (Wildman–Crippen MR) is 101 cm³/mol. The summed E-state index contributed by atoms with van der Waals surface area (Å²) < 4.78 is 28.2. The molecule has 0 aromatic carbocycles. The molecule has 3 rings (SSSR count). The fraction of sp³-hybridized carbons (Fsp3) is 0.647. The van der Waals surface area contributed by atoms with Gasteiger partial charge in [-0.1, -0.05) is 20.3 Å². The molecule has 0 aliphatic carbocycles. The van der Waals surface area contributed by atoms with Crippen molar-refractivity contribution < 1.29 is 13.2 Å². The van der Waals surface area contributed by atoms with E-state index in [9.17, 15) is 13.2 Å². The minimum absolute atomic E-state index is 0.0186. The molecule has 0 saturated carbocycles. The highest BCUT2D eigenvalue weighted by atomic mass is 32.2. The van der Waals surface area contributed by atoms with Crippen LogP contribution in [0.5, 0.6) is 0 Å². The van der Waals surface area contributed by atoms with Crippen molar-refractivity contribution >= 4 is 21.7 Å². The Bertz CT molecular complexity index is 924. The normalized spacial score (nSPS) is 18.9. The maximum atomic E-state index is 12.5. The number of carbonyl (C=O) groups excluding carboxylic acids is 1. The second-order valence-corrected chi connectivity index (χ2v) is 9.26. The van der Waals surface area contributed by atoms with Gasteiger partial charge in [-0.05, 0) is 31.7 Å². The first-order chi connectivity index (χ1) is 12.8. The largest absolute Gasteiger partial charge is 0.350 e. The summed E-state index contributed by atoms with van der Waals surface area (Å²) in [5.41, 5.74) is 1.03. The number of fused-ring (bicyclic) bond motifs is 1. The molecule has 1 atom stereocenters. The molecule has 2 aromatic heterocycles. The molecule has 27 heavy (non-hydrogen) atoms. The Balaban J connectivity index is 1.66. The summed E-state index contributed by atoms with van der Waals surface area (Å²) in [6, 6.07) is 1.69. The number of amides is 1. The lowest BCUT2D eigenvalue weighted by atomic mass is 10.1. The van der Waals surface area contributed by atoms with Crippen molar-refractivity contribution in [3.05, 3.63) is 23.8 Å². The van der Waals surface area contributed by atoms with Gasteiger partial charge in [-0.2, -0.15) is 14.4 Å². The smallest absolute Gasteiger partial charge is 0.270 e. The molecule has 1 amide bonds. The number of carbonyl (C=O) groups is 1. The average Bonchev–Trinajstić information content (AvgIpc) is 3.09. The molecule has 9 nitrogen and oxygen atoms in total. The molecule has 1 unspecified atom stereocenters. The molecule has 0 spiro atoms. The van der Waals surface area contributed by atoms with Gasteiger partial charge in [0.2, 0.25) is 10.0 Å². The van der Waals surface area contributed by atoms with Crippen LogP contribution in [0.25, 0.3) is 5.78 Å². The topological polar surface area (TPSA) is 110 Å². The zero-order chi connectivity index (χ0) is 19.6. The Hall–Kier alpha value is -2.07. The Morgan fingerprint density at radius 3 is 2.85 bits per heavy atom. The molecule has 0 bridgehead atoms. The molecule has 0 radical (unpaired) electrons. The number of nitrogens with one attached hydrogen (secondary N) is 1. The molecule has 2 aromatic rings. The molecular weight excluding hydrogens is 368 g/mol. The fourth-order valence-electron chi connectivity index (χ4n) is 3.35. The van der Waals surface area contributed by atoms with Crippen molar-refractivity contribution in [3.63, 3.8) is 0 Å². The molecule has 1 fully saturated rings. The van der Waals surface area contributed by atoms with Gasteiger partial charge in [-0.15, -0.1) is 0 Å². The monoisotopic (exact) mass is 394 g/mol. The summed E-state index contributed by atoms with van der Waals surface area (Å²) in [6.07, 6.45) is 4.21. The lowest BCUT2D eigenvalue weighted by Gasteiger charge is -2.32. The maximum absolute atomic E-state index is 12.5. The third-order valence-corrected chi connectivity index (χ3v) is 6.83. The van der Waals surface area contributed by atoms with E-state index in [2.05, 4.69) is 20.4 Å². The molecule has 10 heteroatoms. The Morgan fingerprint density at radius 1 is 1.37 bits per heavy atom. The Kier molecular flexibility index (Phi) is 5.75. The van der Waals surface area contributed by atoms with Crippen LogP contribution in [0.15, 0.2) is 12.4 Å². The van der Waals surface area contributed by atoms with Gasteiger partial charge in [-0.25, -0.2) is 17.9 Å². The first kappa shape index (κ1) is 19.7. The van der Waals surface area contributed by atoms with Crippen molar-refractivity contribution in [1.82, 2.24) is 29.2 Å². The summed E-state index contributed by atoms with van der Waals surface area (Å²) >= 11 is 0. The van der Waals surface area contributed by atoms with Gasteiger partial charge in [0.1, 0.15) is 12.0 Å². The van der Waals surface area contributed by atoms with Gasteiger partial charge in [0.05, 0.1) is 11.4 Å². The van der Waals surface area contributed by atoms with Crippen LogP contribution in [0.1, 0.15) is 62.1 Å². The standard InChI is InChI=1S/C17H26N6O3S/c1-12(2)15-10-14(21-17-19-11-20-23(15)17)16(24)18-7-9-27(25,26)22-8-5-4-6-13(22)3/h10-13H,4-9H2,1-3H3,(H,18,24). The SMILES string of the molecule is CC(C)c1cc(C(=O)NCCS(=O)(=O)N2CCCCC2C)nc2ncnn12. The van der Waals surface area contributed by atoms with Gasteiger partial charge in [0.25, 0.3) is 11.7 Å². The minimum Gasteiger partial charge on any atom is -0.350 e. The van der Waals surface area contributed by atoms with E-state index in [1.165, 1.54) is 6.33 Å². The molecule has 3 heterocycles. The summed E-state index contributed by atoms with van der Waals surface area (Å²) in [5.74, 6) is -0.0528. The van der Waals surface area contributed by atoms with Gasteiger partial charge < -0.3 is 5.32 Å². The lowest BCUT2D eigenvalue weighted by molar-refractivity contribution is 0.0951. The van der Waals surface area contributed by atoms with Crippen molar-refractivity contribution in [2.45, 2.75) is 52.0 Å². The molecule has 1 aliphatic heterocycles. The zero-order valence-corrected chi connectivity index (χ0v) is 16.7. The molecular formula is C17H26N6O3S. The van der Waals surface area contributed by atoms with Crippen LogP contribution in [0.4, 0.5) is 0 Å². The number of nitrogens with zero attached hydrogens (tertiary/aromatic N) is 5. The predicted octanol–water partition coefficient (Wildman–Crippen LogP) is 1.18. The number of aromatic nitrogens is 4. The first-order valence-corrected chi connectivity index (χ1v) is 10.9. The van der Waals surface area contributed by atoms with E-state index in [4.69, 9.17) is 0 Å². The van der Waals surface area contributed by atoms with Gasteiger partial charge in [-0.3, -0.25) is 4.79 Å². The molecule has 148 valence electrons. The summed E-state index contributed by atoms with van der Waals surface area (Å²) in [6.45, 7) is 6.51. The van der Waals surface area contributed by atoms with E-state index in [1.54, 1.807) is 14.9 Å². The van der Waals surface area contributed by atoms with Crippen molar-refractivity contribution in [3.8, 4) is 0 Å². The molecule has 1 saturated heterocycles. The van der Waals surface area contributed by atoms with Crippen LogP contribution < -0.4 is 5.32 Å². The minimum atomic E-state index is -3.39. The van der Waals surface area contributed by atoms with E-state index in [0.29, 0.717) is 12.3 Å². The fourth-order valence-corrected chi connectivity index (χ4v) is 5.00. The lowest BCUT2D eigenvalue weighted by Crippen LogP contribution is -2.45. The summed E-state index contributed by atoms with van der Waals surface area (Å²) in [7, 11) is -3.39. The highest BCUT2D eigenvalue weighted by molar-refractivity contribution is 7.89. The number of sulfonamides is 1. The number of rotatable bonds is 6. The highest BCUT2D eigenvalue weighted by Gasteiger charge is 2.29. The number of piperidine rings is 1. The van der Waals surface area contributed by atoms with Gasteiger partial charge in [0, 0.05) is 19.1 Å². The van der Waals surface area contributed by atoms with Crippen LogP contribution in [-0.2, 0) is 10.0 Å². The maximum Gasteiger partial charge on any atom is 0.270 e. The van der Waals surface area contributed by atoms with Crippen molar-refractivity contribution in [2.24, 2.45) is 0 Å². The Labute approximate surface area is 159 Å². The van der Waals surface area contributed by atoms with E-state index >= 15 is 0 Å². The van der Waals surface area contributed by atoms with E-state index in [-0.39, 0.29) is 30.0 Å². The second-order valence-electron chi connectivity index (χ2n) is 7.22. The molecule has 1 N–H and O–H groups in total. The average molecular weight is 395 g/mol. The quantitative estimate of drug-likeness (QED) is 0.788. The van der Waals surface area contributed by atoms with Crippen LogP contribution in [-0.4, -0.2) is 63.1 Å². The highest BCUT2D eigenvalue weighted by Crippen LogP contribution is 2.20. The van der Waals surface area contributed by atoms with Crippen LogP contribution in [0.3, 0.4) is 0 Å². The van der Waals surface area contributed by atoms with Crippen molar-refractivity contribution in [2.75, 3.05) is 18.8 Å². The number of hydrogen-bond donors (Lipinski definition) is 1. The van der Waals surface area contributed by atoms with Crippen molar-refractivity contribution in [1.29, 1.82) is 0 Å². The van der Waals surface area contributed by atoms with E-state index in [0.717, 1.165) is 25.0 Å². The van der Waals surface area contributed by atoms with Crippen LogP contribution in [0.2, 0.25) is 0 Å². The Morgan fingerprint density at radius 2 is 2.15 bits per heavy atom. The van der Waals surface area contributed by atoms with Gasteiger partial charge >= 0.3 is 0 Å². The van der Waals surface area contributed by atoms with E-state index in [1.807, 2.05) is 20.8 Å². The molecule has 1 aliphatic rings. The third-order valence-electron chi connectivity index (χ3n) is 4.85.